The molecule has 1 aliphatic heterocycles. The van der Waals surface area contributed by atoms with Gasteiger partial charge in [-0.1, -0.05) is 0 Å². The van der Waals surface area contributed by atoms with Gasteiger partial charge in [0.15, 0.2) is 0 Å². The number of piperidine rings is 1. The minimum absolute atomic E-state index is 0.259. The van der Waals surface area contributed by atoms with Gasteiger partial charge in [0.05, 0.1) is 12.5 Å². The zero-order valence-electron chi connectivity index (χ0n) is 12.1. The number of esters is 1. The number of likely N-dealkylation sites (tertiary alicyclic amines) is 1. The topological polar surface area (TPSA) is 81.9 Å². The molecule has 0 bridgehead atoms. The van der Waals surface area contributed by atoms with Gasteiger partial charge >= 0.3 is 12.1 Å². The van der Waals surface area contributed by atoms with E-state index in [0.717, 1.165) is 0 Å². The van der Waals surface area contributed by atoms with Gasteiger partial charge in [0.1, 0.15) is 5.60 Å². The van der Waals surface area contributed by atoms with Crippen molar-refractivity contribution in [2.24, 2.45) is 11.7 Å². The van der Waals surface area contributed by atoms with Crippen molar-refractivity contribution in [1.82, 2.24) is 4.90 Å². The molecule has 0 radical (unpaired) electrons. The van der Waals surface area contributed by atoms with Crippen LogP contribution in [0.5, 0.6) is 0 Å². The van der Waals surface area contributed by atoms with Crippen molar-refractivity contribution < 1.29 is 19.1 Å². The molecule has 6 heteroatoms. The first-order chi connectivity index (χ1) is 8.74. The summed E-state index contributed by atoms with van der Waals surface area (Å²) in [5.41, 5.74) is 5.37. The molecule has 0 aromatic heterocycles. The predicted molar refractivity (Wildman–Crippen MR) is 70.5 cm³/mol. The van der Waals surface area contributed by atoms with Crippen LogP contribution in [0, 0.1) is 5.92 Å². The van der Waals surface area contributed by atoms with E-state index in [-0.39, 0.29) is 18.6 Å². The molecule has 19 heavy (non-hydrogen) atoms. The zero-order chi connectivity index (χ0) is 14.6. The van der Waals surface area contributed by atoms with Gasteiger partial charge in [-0.25, -0.2) is 4.79 Å². The molecule has 2 N–H and O–H groups in total. The van der Waals surface area contributed by atoms with Crippen molar-refractivity contribution >= 4 is 12.1 Å². The quantitative estimate of drug-likeness (QED) is 0.762. The van der Waals surface area contributed by atoms with Crippen LogP contribution in [0.1, 0.15) is 34.1 Å². The lowest BCUT2D eigenvalue weighted by molar-refractivity contribution is -0.150. The highest BCUT2D eigenvalue weighted by Crippen LogP contribution is 2.19. The number of hydrogen-bond acceptors (Lipinski definition) is 5. The highest BCUT2D eigenvalue weighted by molar-refractivity contribution is 5.75. The molecule has 110 valence electrons. The number of ether oxygens (including phenoxy) is 2. The molecule has 0 aromatic carbocycles. The van der Waals surface area contributed by atoms with Crippen LogP contribution in [0.2, 0.25) is 0 Å². The maximum Gasteiger partial charge on any atom is 0.410 e. The third-order valence-corrected chi connectivity index (χ3v) is 2.91. The van der Waals surface area contributed by atoms with Crippen molar-refractivity contribution in [3.05, 3.63) is 0 Å². The summed E-state index contributed by atoms with van der Waals surface area (Å²) >= 11 is 0. The van der Waals surface area contributed by atoms with Gasteiger partial charge < -0.3 is 20.1 Å². The number of hydrogen-bond donors (Lipinski definition) is 1. The number of carbonyl (C=O) groups is 2. The third kappa shape index (κ3) is 4.70. The van der Waals surface area contributed by atoms with E-state index in [9.17, 15) is 9.59 Å². The van der Waals surface area contributed by atoms with Crippen LogP contribution in [-0.4, -0.2) is 48.3 Å². The van der Waals surface area contributed by atoms with Crippen molar-refractivity contribution in [3.8, 4) is 0 Å². The fourth-order valence-corrected chi connectivity index (χ4v) is 1.96. The number of rotatable bonds is 2. The van der Waals surface area contributed by atoms with Crippen LogP contribution in [-0.2, 0) is 14.3 Å². The zero-order valence-corrected chi connectivity index (χ0v) is 12.1. The predicted octanol–water partition coefficient (Wildman–Crippen LogP) is 1.13. The second-order valence-electron chi connectivity index (χ2n) is 5.74. The number of nitrogens with two attached hydrogens (primary N) is 1. The molecule has 2 atom stereocenters. The Hall–Kier alpha value is -1.30. The summed E-state index contributed by atoms with van der Waals surface area (Å²) in [4.78, 5) is 25.3. The second-order valence-corrected chi connectivity index (χ2v) is 5.74. The first-order valence-corrected chi connectivity index (χ1v) is 6.64. The first-order valence-electron chi connectivity index (χ1n) is 6.64. The van der Waals surface area contributed by atoms with Crippen LogP contribution >= 0.6 is 0 Å². The first kappa shape index (κ1) is 15.8. The lowest BCUT2D eigenvalue weighted by atomic mass is 9.93. The molecule has 0 saturated carbocycles. The lowest BCUT2D eigenvalue weighted by Crippen LogP contribution is -2.53. The van der Waals surface area contributed by atoms with Crippen molar-refractivity contribution in [2.75, 3.05) is 19.7 Å². The summed E-state index contributed by atoms with van der Waals surface area (Å²) in [5.74, 6) is -0.815. The maximum absolute atomic E-state index is 12.0. The molecule has 1 fully saturated rings. The number of amides is 1. The standard InChI is InChI=1S/C13H24N2O4/c1-5-18-11(16)9-8-15(7-6-10(9)14)12(17)19-13(2,3)4/h9-10H,5-8,14H2,1-4H3/t9-,10+/m1/s1. The lowest BCUT2D eigenvalue weighted by Gasteiger charge is -2.36. The average molecular weight is 272 g/mol. The van der Waals surface area contributed by atoms with E-state index in [1.54, 1.807) is 6.92 Å². The van der Waals surface area contributed by atoms with Gasteiger partial charge in [-0.2, -0.15) is 0 Å². The molecule has 1 heterocycles. The fraction of sp³-hybridized carbons (Fsp3) is 0.846. The Balaban J connectivity index is 2.63. The average Bonchev–Trinajstić information content (AvgIpc) is 2.27. The highest BCUT2D eigenvalue weighted by Gasteiger charge is 2.36. The van der Waals surface area contributed by atoms with Crippen LogP contribution in [0.3, 0.4) is 0 Å². The van der Waals surface area contributed by atoms with Crippen LogP contribution < -0.4 is 5.73 Å². The SMILES string of the molecule is CCOC(=O)[C@@H]1CN(C(=O)OC(C)(C)C)CC[C@@H]1N. The van der Waals surface area contributed by atoms with E-state index in [2.05, 4.69) is 0 Å². The third-order valence-electron chi connectivity index (χ3n) is 2.91. The van der Waals surface area contributed by atoms with Gasteiger partial charge in [-0.3, -0.25) is 4.79 Å². The molecule has 1 aliphatic rings. The monoisotopic (exact) mass is 272 g/mol. The maximum atomic E-state index is 12.0. The van der Waals surface area contributed by atoms with Gasteiger partial charge in [-0.15, -0.1) is 0 Å². The Bertz CT molecular complexity index is 338. The Labute approximate surface area is 114 Å². The Kier molecular flexibility index (Phi) is 5.17. The normalized spacial score (nSPS) is 23.9. The molecule has 1 amide bonds. The smallest absolute Gasteiger partial charge is 0.410 e. The van der Waals surface area contributed by atoms with Crippen LogP contribution in [0.4, 0.5) is 4.79 Å². The molecule has 0 aliphatic carbocycles. The molecule has 0 aromatic rings. The van der Waals surface area contributed by atoms with E-state index in [1.165, 1.54) is 4.90 Å². The number of carbonyl (C=O) groups excluding carboxylic acids is 2. The van der Waals surface area contributed by atoms with E-state index in [4.69, 9.17) is 15.2 Å². The van der Waals surface area contributed by atoms with E-state index in [1.807, 2.05) is 20.8 Å². The van der Waals surface area contributed by atoms with Gasteiger partial charge in [-0.05, 0) is 34.1 Å². The second kappa shape index (κ2) is 6.23. The highest BCUT2D eigenvalue weighted by atomic mass is 16.6. The molecule has 0 unspecified atom stereocenters. The molecule has 1 saturated heterocycles. The number of nitrogens with zero attached hydrogens (tertiary/aromatic N) is 1. The Morgan fingerprint density at radius 2 is 2.00 bits per heavy atom. The van der Waals surface area contributed by atoms with Crippen molar-refractivity contribution in [1.29, 1.82) is 0 Å². The Morgan fingerprint density at radius 3 is 2.53 bits per heavy atom. The van der Waals surface area contributed by atoms with Gasteiger partial charge in [0, 0.05) is 19.1 Å². The van der Waals surface area contributed by atoms with E-state index < -0.39 is 17.6 Å². The van der Waals surface area contributed by atoms with Crippen LogP contribution in [0.15, 0.2) is 0 Å². The van der Waals surface area contributed by atoms with E-state index >= 15 is 0 Å². The molecular formula is C13H24N2O4. The summed E-state index contributed by atoms with van der Waals surface area (Å²) in [6.07, 6.45) is 0.164. The summed E-state index contributed by atoms with van der Waals surface area (Å²) < 4.78 is 10.3. The van der Waals surface area contributed by atoms with Gasteiger partial charge in [0.25, 0.3) is 0 Å². The summed E-state index contributed by atoms with van der Waals surface area (Å²) in [6, 6.07) is -0.266. The fourth-order valence-electron chi connectivity index (χ4n) is 1.96. The largest absolute Gasteiger partial charge is 0.466 e. The van der Waals surface area contributed by atoms with Gasteiger partial charge in [0.2, 0.25) is 0 Å². The van der Waals surface area contributed by atoms with Crippen LogP contribution in [0.25, 0.3) is 0 Å². The molecule has 6 nitrogen and oxygen atoms in total. The van der Waals surface area contributed by atoms with Crippen molar-refractivity contribution in [2.45, 2.75) is 45.8 Å². The molecule has 0 spiro atoms. The molecular weight excluding hydrogens is 248 g/mol. The summed E-state index contributed by atoms with van der Waals surface area (Å²) in [7, 11) is 0. The minimum Gasteiger partial charge on any atom is -0.466 e. The summed E-state index contributed by atoms with van der Waals surface area (Å²) in [5, 5.41) is 0. The molecule has 1 rings (SSSR count). The van der Waals surface area contributed by atoms with Crippen molar-refractivity contribution in [3.63, 3.8) is 0 Å². The van der Waals surface area contributed by atoms with E-state index in [0.29, 0.717) is 19.6 Å². The Morgan fingerprint density at radius 1 is 1.37 bits per heavy atom. The minimum atomic E-state index is -0.546. The summed E-state index contributed by atoms with van der Waals surface area (Å²) in [6.45, 7) is 8.25.